The molecule has 1 rings (SSSR count). The van der Waals surface area contributed by atoms with Crippen molar-refractivity contribution >= 4 is 5.83 Å². The Morgan fingerprint density at radius 2 is 1.80 bits per heavy atom. The summed E-state index contributed by atoms with van der Waals surface area (Å²) in [5.74, 6) is -0.356. The van der Waals surface area contributed by atoms with Crippen LogP contribution in [0.4, 0.5) is 4.39 Å². The molecule has 0 saturated carbocycles. The minimum atomic E-state index is -0.486. The predicted octanol–water partition coefficient (Wildman–Crippen LogP) is 2.33. The Labute approximate surface area is 58.4 Å². The summed E-state index contributed by atoms with van der Waals surface area (Å²) >= 11 is 0. The van der Waals surface area contributed by atoms with Gasteiger partial charge in [0, 0.05) is 5.56 Å². The van der Waals surface area contributed by atoms with E-state index in [1.54, 1.807) is 0 Å². The molecule has 52 valence electrons. The van der Waals surface area contributed by atoms with Crippen LogP contribution in [0.15, 0.2) is 30.8 Å². The molecule has 1 nitrogen and oxygen atoms in total. The molecule has 1 aromatic carbocycles. The van der Waals surface area contributed by atoms with E-state index in [4.69, 9.17) is 5.11 Å². The van der Waals surface area contributed by atoms with Crippen LogP contribution in [0.1, 0.15) is 5.56 Å². The highest BCUT2D eigenvalue weighted by molar-refractivity contribution is 5.56. The van der Waals surface area contributed by atoms with Crippen molar-refractivity contribution < 1.29 is 9.50 Å². The van der Waals surface area contributed by atoms with Crippen molar-refractivity contribution in [3.05, 3.63) is 36.4 Å². The molecule has 0 spiro atoms. The summed E-state index contributed by atoms with van der Waals surface area (Å²) in [5, 5.41) is 8.79. The van der Waals surface area contributed by atoms with Crippen LogP contribution < -0.4 is 0 Å². The third kappa shape index (κ3) is 1.35. The molecule has 1 N–H and O–H groups in total. The van der Waals surface area contributed by atoms with Gasteiger partial charge >= 0.3 is 0 Å². The van der Waals surface area contributed by atoms with E-state index in [0.717, 1.165) is 0 Å². The first kappa shape index (κ1) is 6.81. The molecule has 0 saturated heterocycles. The molecular weight excluding hydrogens is 131 g/mol. The molecule has 0 aliphatic rings. The zero-order valence-corrected chi connectivity index (χ0v) is 5.34. The fourth-order valence-corrected chi connectivity index (χ4v) is 0.642. The minimum absolute atomic E-state index is 0.130. The smallest absolute Gasteiger partial charge is 0.123 e. The van der Waals surface area contributed by atoms with Crippen molar-refractivity contribution in [3.8, 4) is 5.75 Å². The third-order valence-corrected chi connectivity index (χ3v) is 1.18. The summed E-state index contributed by atoms with van der Waals surface area (Å²) in [6.45, 7) is 3.11. The molecule has 0 heterocycles. The Bertz CT molecular complexity index is 238. The number of halogens is 1. The third-order valence-electron chi connectivity index (χ3n) is 1.18. The van der Waals surface area contributed by atoms with Crippen LogP contribution in [-0.4, -0.2) is 5.11 Å². The van der Waals surface area contributed by atoms with Gasteiger partial charge in [-0.05, 0) is 24.3 Å². The average molecular weight is 138 g/mol. The molecule has 0 aromatic heterocycles. The van der Waals surface area contributed by atoms with Crippen LogP contribution in [0.2, 0.25) is 0 Å². The van der Waals surface area contributed by atoms with Crippen LogP contribution in [0.25, 0.3) is 5.83 Å². The molecule has 1 aromatic rings. The highest BCUT2D eigenvalue weighted by Crippen LogP contribution is 2.16. The van der Waals surface area contributed by atoms with Crippen LogP contribution in [0.3, 0.4) is 0 Å². The number of aromatic hydroxyl groups is 1. The van der Waals surface area contributed by atoms with E-state index in [-0.39, 0.29) is 5.75 Å². The number of benzene rings is 1. The van der Waals surface area contributed by atoms with Crippen LogP contribution in [0, 0.1) is 0 Å². The van der Waals surface area contributed by atoms with Gasteiger partial charge in [0.2, 0.25) is 0 Å². The molecule has 0 amide bonds. The Hall–Kier alpha value is -1.31. The lowest BCUT2D eigenvalue weighted by atomic mass is 10.2. The lowest BCUT2D eigenvalue weighted by Crippen LogP contribution is -1.73. The van der Waals surface area contributed by atoms with Crippen LogP contribution >= 0.6 is 0 Å². The lowest BCUT2D eigenvalue weighted by molar-refractivity contribution is 0.475. The molecule has 0 radical (unpaired) electrons. The Balaban J connectivity index is 3.00. The molecule has 0 aliphatic carbocycles. The Kier molecular flexibility index (Phi) is 1.71. The van der Waals surface area contributed by atoms with Crippen molar-refractivity contribution in [2.75, 3.05) is 0 Å². The van der Waals surface area contributed by atoms with E-state index in [0.29, 0.717) is 5.56 Å². The molecule has 0 aliphatic heterocycles. The zero-order chi connectivity index (χ0) is 7.56. The number of hydrogen-bond donors (Lipinski definition) is 1. The fraction of sp³-hybridized carbons (Fsp3) is 0. The fourth-order valence-electron chi connectivity index (χ4n) is 0.642. The van der Waals surface area contributed by atoms with Gasteiger partial charge in [0.25, 0.3) is 0 Å². The number of phenols is 1. The van der Waals surface area contributed by atoms with Gasteiger partial charge in [0.05, 0.1) is 0 Å². The maximum Gasteiger partial charge on any atom is 0.123 e. The first-order chi connectivity index (χ1) is 4.70. The van der Waals surface area contributed by atoms with Gasteiger partial charge in [-0.3, -0.25) is 0 Å². The first-order valence-electron chi connectivity index (χ1n) is 2.84. The van der Waals surface area contributed by atoms with Crippen LogP contribution in [0.5, 0.6) is 5.75 Å². The van der Waals surface area contributed by atoms with E-state index in [1.807, 2.05) is 0 Å². The normalized spacial score (nSPS) is 9.30. The van der Waals surface area contributed by atoms with Gasteiger partial charge in [0.1, 0.15) is 11.6 Å². The maximum absolute atomic E-state index is 12.3. The van der Waals surface area contributed by atoms with E-state index in [2.05, 4.69) is 6.58 Å². The predicted molar refractivity (Wildman–Crippen MR) is 38.2 cm³/mol. The van der Waals surface area contributed by atoms with Crippen molar-refractivity contribution in [2.45, 2.75) is 0 Å². The molecule has 0 fully saturated rings. The quantitative estimate of drug-likeness (QED) is 0.631. The summed E-state index contributed by atoms with van der Waals surface area (Å²) in [7, 11) is 0. The number of hydrogen-bond acceptors (Lipinski definition) is 1. The summed E-state index contributed by atoms with van der Waals surface area (Å²) in [5.41, 5.74) is 0.401. The van der Waals surface area contributed by atoms with E-state index >= 15 is 0 Å². The SMILES string of the molecule is C=C(F)c1ccc(O)cc1. The molecule has 0 bridgehead atoms. The Morgan fingerprint density at radius 1 is 1.30 bits per heavy atom. The second-order valence-electron chi connectivity index (χ2n) is 1.95. The summed E-state index contributed by atoms with van der Waals surface area (Å²) in [6, 6.07) is 5.77. The van der Waals surface area contributed by atoms with Crippen molar-refractivity contribution in [3.63, 3.8) is 0 Å². The van der Waals surface area contributed by atoms with Gasteiger partial charge in [-0.2, -0.15) is 0 Å². The van der Waals surface area contributed by atoms with Crippen molar-refractivity contribution in [1.29, 1.82) is 0 Å². The second-order valence-corrected chi connectivity index (χ2v) is 1.95. The maximum atomic E-state index is 12.3. The first-order valence-corrected chi connectivity index (χ1v) is 2.84. The van der Waals surface area contributed by atoms with Gasteiger partial charge < -0.3 is 5.11 Å². The average Bonchev–Trinajstić information content (AvgIpc) is 1.88. The van der Waals surface area contributed by atoms with Crippen molar-refractivity contribution in [2.24, 2.45) is 0 Å². The molecule has 0 unspecified atom stereocenters. The monoisotopic (exact) mass is 138 g/mol. The summed E-state index contributed by atoms with van der Waals surface area (Å²) in [6.07, 6.45) is 0. The van der Waals surface area contributed by atoms with E-state index in [9.17, 15) is 4.39 Å². The number of phenolic OH excluding ortho intramolecular Hbond substituents is 1. The highest BCUT2D eigenvalue weighted by Gasteiger charge is 1.94. The topological polar surface area (TPSA) is 20.2 Å². The molecule has 10 heavy (non-hydrogen) atoms. The lowest BCUT2D eigenvalue weighted by Gasteiger charge is -1.94. The van der Waals surface area contributed by atoms with Gasteiger partial charge in [-0.1, -0.05) is 6.58 Å². The number of rotatable bonds is 1. The second kappa shape index (κ2) is 2.52. The largest absolute Gasteiger partial charge is 0.508 e. The minimum Gasteiger partial charge on any atom is -0.508 e. The summed E-state index contributed by atoms with van der Waals surface area (Å²) < 4.78 is 12.3. The van der Waals surface area contributed by atoms with Crippen molar-refractivity contribution in [1.82, 2.24) is 0 Å². The van der Waals surface area contributed by atoms with E-state index < -0.39 is 5.83 Å². The van der Waals surface area contributed by atoms with Crippen LogP contribution in [-0.2, 0) is 0 Å². The van der Waals surface area contributed by atoms with Gasteiger partial charge in [-0.25, -0.2) is 4.39 Å². The summed E-state index contributed by atoms with van der Waals surface area (Å²) in [4.78, 5) is 0. The van der Waals surface area contributed by atoms with Gasteiger partial charge in [0.15, 0.2) is 0 Å². The molecule has 2 heteroatoms. The van der Waals surface area contributed by atoms with Gasteiger partial charge in [-0.15, -0.1) is 0 Å². The standard InChI is InChI=1S/C8H7FO/c1-6(9)7-2-4-8(10)5-3-7/h2-5,10H,1H2. The molecule has 0 atom stereocenters. The molecular formula is C8H7FO. The Morgan fingerprint density at radius 3 is 2.20 bits per heavy atom. The zero-order valence-electron chi connectivity index (χ0n) is 5.34. The highest BCUT2D eigenvalue weighted by atomic mass is 19.1. The van der Waals surface area contributed by atoms with E-state index in [1.165, 1.54) is 24.3 Å².